The van der Waals surface area contributed by atoms with Gasteiger partial charge in [-0.3, -0.25) is 9.69 Å². The van der Waals surface area contributed by atoms with E-state index in [1.165, 1.54) is 36.4 Å². The average molecular weight is 516 g/mol. The highest BCUT2D eigenvalue weighted by molar-refractivity contribution is 5.94. The highest BCUT2D eigenvalue weighted by Crippen LogP contribution is 2.37. The van der Waals surface area contributed by atoms with Crippen molar-refractivity contribution in [1.82, 2.24) is 14.4 Å². The zero-order valence-electron chi connectivity index (χ0n) is 21.4. The number of aromatic nitrogens is 1. The third-order valence-corrected chi connectivity index (χ3v) is 7.01. The van der Waals surface area contributed by atoms with Crippen molar-refractivity contribution in [1.29, 1.82) is 0 Å². The molecule has 0 radical (unpaired) electrons. The topological polar surface area (TPSA) is 28.5 Å². The standard InChI is InChI=1S/C29H33F4N3O/c1-20(2)15-36(28(37)21-9-11-25(30)12-10-21)17-23-16-35(18-26-8-5-13-34(26)3)19-27(23)22-6-4-7-24(14-22)29(31,32)33/h4-14,20,23,27H,15-19H2,1-3H3/t23-,27+/m0/s1. The molecule has 2 atom stereocenters. The summed E-state index contributed by atoms with van der Waals surface area (Å²) in [6, 6.07) is 15.1. The molecule has 0 bridgehead atoms. The number of amides is 1. The number of carbonyl (C=O) groups excluding carboxylic acids is 1. The summed E-state index contributed by atoms with van der Waals surface area (Å²) in [7, 11) is 1.97. The van der Waals surface area contributed by atoms with Gasteiger partial charge in [-0.05, 0) is 59.9 Å². The first-order valence-corrected chi connectivity index (χ1v) is 12.6. The molecule has 37 heavy (non-hydrogen) atoms. The zero-order valence-corrected chi connectivity index (χ0v) is 21.4. The Morgan fingerprint density at radius 3 is 2.41 bits per heavy atom. The number of benzene rings is 2. The molecule has 0 unspecified atom stereocenters. The van der Waals surface area contributed by atoms with Crippen LogP contribution in [0.4, 0.5) is 17.6 Å². The first kappa shape index (κ1) is 26.9. The molecule has 0 saturated carbocycles. The van der Waals surface area contributed by atoms with E-state index in [4.69, 9.17) is 0 Å². The van der Waals surface area contributed by atoms with Gasteiger partial charge in [0.25, 0.3) is 5.91 Å². The van der Waals surface area contributed by atoms with Crippen LogP contribution >= 0.6 is 0 Å². The minimum absolute atomic E-state index is 0.0631. The number of hydrogen-bond acceptors (Lipinski definition) is 2. The van der Waals surface area contributed by atoms with E-state index in [0.717, 1.165) is 11.8 Å². The van der Waals surface area contributed by atoms with Crippen LogP contribution < -0.4 is 0 Å². The first-order chi connectivity index (χ1) is 17.5. The molecule has 4 rings (SSSR count). The van der Waals surface area contributed by atoms with Crippen LogP contribution in [0, 0.1) is 17.7 Å². The van der Waals surface area contributed by atoms with Gasteiger partial charge in [-0.15, -0.1) is 0 Å². The predicted molar refractivity (Wildman–Crippen MR) is 136 cm³/mol. The molecule has 4 nitrogen and oxygen atoms in total. The second-order valence-corrected chi connectivity index (χ2v) is 10.4. The van der Waals surface area contributed by atoms with Gasteiger partial charge in [0.2, 0.25) is 0 Å². The van der Waals surface area contributed by atoms with Gasteiger partial charge in [0.15, 0.2) is 0 Å². The monoisotopic (exact) mass is 515 g/mol. The second kappa shape index (κ2) is 11.1. The molecule has 198 valence electrons. The van der Waals surface area contributed by atoms with Crippen molar-refractivity contribution in [3.8, 4) is 0 Å². The van der Waals surface area contributed by atoms with Crippen LogP contribution in [0.2, 0.25) is 0 Å². The van der Waals surface area contributed by atoms with E-state index in [1.54, 1.807) is 11.0 Å². The molecule has 2 heterocycles. The van der Waals surface area contributed by atoms with E-state index in [2.05, 4.69) is 4.90 Å². The van der Waals surface area contributed by atoms with Crippen LogP contribution in [0.3, 0.4) is 0 Å². The first-order valence-electron chi connectivity index (χ1n) is 12.6. The van der Waals surface area contributed by atoms with Gasteiger partial charge in [-0.1, -0.05) is 32.0 Å². The van der Waals surface area contributed by atoms with E-state index >= 15 is 0 Å². The number of alkyl halides is 3. The van der Waals surface area contributed by atoms with Crippen LogP contribution in [-0.4, -0.2) is 46.5 Å². The number of hydrogen-bond donors (Lipinski definition) is 0. The summed E-state index contributed by atoms with van der Waals surface area (Å²) in [6.45, 7) is 6.86. The van der Waals surface area contributed by atoms with Crippen LogP contribution in [0.5, 0.6) is 0 Å². The minimum Gasteiger partial charge on any atom is -0.353 e. The number of rotatable bonds is 8. The molecule has 0 aliphatic carbocycles. The highest BCUT2D eigenvalue weighted by atomic mass is 19.4. The van der Waals surface area contributed by atoms with Crippen molar-refractivity contribution < 1.29 is 22.4 Å². The molecular weight excluding hydrogens is 482 g/mol. The smallest absolute Gasteiger partial charge is 0.353 e. The fourth-order valence-electron chi connectivity index (χ4n) is 5.23. The fraction of sp³-hybridized carbons (Fsp3) is 0.414. The number of carbonyl (C=O) groups is 1. The van der Waals surface area contributed by atoms with Crippen LogP contribution in [0.25, 0.3) is 0 Å². The maximum Gasteiger partial charge on any atom is 0.416 e. The van der Waals surface area contributed by atoms with Crippen LogP contribution in [0.15, 0.2) is 66.9 Å². The Labute approximate surface area is 215 Å². The highest BCUT2D eigenvalue weighted by Gasteiger charge is 2.38. The maximum atomic E-state index is 13.5. The second-order valence-electron chi connectivity index (χ2n) is 10.4. The molecule has 1 saturated heterocycles. The molecule has 1 aliphatic rings. The SMILES string of the molecule is CC(C)CN(C[C@@H]1CN(Cc2cccn2C)C[C@@H]1c1cccc(C(F)(F)F)c1)C(=O)c1ccc(F)cc1. The van der Waals surface area contributed by atoms with Crippen molar-refractivity contribution in [2.45, 2.75) is 32.5 Å². The van der Waals surface area contributed by atoms with Crippen LogP contribution in [-0.2, 0) is 19.8 Å². The summed E-state index contributed by atoms with van der Waals surface area (Å²) in [6.07, 6.45) is -2.45. The molecule has 8 heteroatoms. The predicted octanol–water partition coefficient (Wildman–Crippen LogP) is 6.20. The number of nitrogens with zero attached hydrogens (tertiary/aromatic N) is 3. The van der Waals surface area contributed by atoms with Gasteiger partial charge in [-0.25, -0.2) is 4.39 Å². The van der Waals surface area contributed by atoms with E-state index in [-0.39, 0.29) is 23.7 Å². The van der Waals surface area contributed by atoms with Crippen LogP contribution in [0.1, 0.15) is 46.9 Å². The van der Waals surface area contributed by atoms with E-state index in [1.807, 2.05) is 43.8 Å². The summed E-state index contributed by atoms with van der Waals surface area (Å²) in [5, 5.41) is 0. The largest absolute Gasteiger partial charge is 0.416 e. The molecule has 1 aromatic heterocycles. The van der Waals surface area contributed by atoms with Gasteiger partial charge in [0.1, 0.15) is 5.82 Å². The maximum absolute atomic E-state index is 13.5. The summed E-state index contributed by atoms with van der Waals surface area (Å²) in [4.78, 5) is 17.5. The van der Waals surface area contributed by atoms with Gasteiger partial charge in [-0.2, -0.15) is 13.2 Å². The molecule has 1 fully saturated rings. The average Bonchev–Trinajstić information content (AvgIpc) is 3.43. The Kier molecular flexibility index (Phi) is 8.07. The molecule has 2 aromatic carbocycles. The minimum atomic E-state index is -4.42. The van der Waals surface area contributed by atoms with Gasteiger partial charge in [0.05, 0.1) is 5.56 Å². The van der Waals surface area contributed by atoms with Gasteiger partial charge >= 0.3 is 6.18 Å². The van der Waals surface area contributed by atoms with Crippen molar-refractivity contribution in [3.63, 3.8) is 0 Å². The summed E-state index contributed by atoms with van der Waals surface area (Å²) in [5.74, 6) is -0.650. The lowest BCUT2D eigenvalue weighted by Crippen LogP contribution is -2.39. The lowest BCUT2D eigenvalue weighted by molar-refractivity contribution is -0.137. The Bertz CT molecular complexity index is 1200. The number of halogens is 4. The summed E-state index contributed by atoms with van der Waals surface area (Å²) in [5.41, 5.74) is 1.49. The summed E-state index contributed by atoms with van der Waals surface area (Å²) >= 11 is 0. The van der Waals surface area contributed by atoms with Gasteiger partial charge < -0.3 is 9.47 Å². The lowest BCUT2D eigenvalue weighted by atomic mass is 9.87. The normalized spacial score (nSPS) is 18.5. The molecule has 0 spiro atoms. The number of aryl methyl sites for hydroxylation is 1. The molecule has 1 aliphatic heterocycles. The Balaban J connectivity index is 1.63. The summed E-state index contributed by atoms with van der Waals surface area (Å²) < 4.78 is 56.0. The van der Waals surface area contributed by atoms with Crippen molar-refractivity contribution in [2.24, 2.45) is 18.9 Å². The fourth-order valence-corrected chi connectivity index (χ4v) is 5.23. The van der Waals surface area contributed by atoms with Gasteiger partial charge in [0, 0.05) is 63.1 Å². The third kappa shape index (κ3) is 6.60. The molecule has 0 N–H and O–H groups in total. The molecule has 3 aromatic rings. The number of likely N-dealkylation sites (tertiary alicyclic amines) is 1. The van der Waals surface area contributed by atoms with Crippen molar-refractivity contribution in [2.75, 3.05) is 26.2 Å². The third-order valence-electron chi connectivity index (χ3n) is 7.01. The molecule has 1 amide bonds. The Morgan fingerprint density at radius 1 is 1.05 bits per heavy atom. The lowest BCUT2D eigenvalue weighted by Gasteiger charge is -2.30. The van der Waals surface area contributed by atoms with E-state index < -0.39 is 17.6 Å². The molecular formula is C29H33F4N3O. The Hall–Kier alpha value is -3.13. The van der Waals surface area contributed by atoms with E-state index in [0.29, 0.717) is 43.9 Å². The van der Waals surface area contributed by atoms with Crippen molar-refractivity contribution >= 4 is 5.91 Å². The Morgan fingerprint density at radius 2 is 1.78 bits per heavy atom. The van der Waals surface area contributed by atoms with E-state index in [9.17, 15) is 22.4 Å². The van der Waals surface area contributed by atoms with Crippen molar-refractivity contribution in [3.05, 3.63) is 95.1 Å². The quantitative estimate of drug-likeness (QED) is 0.335. The zero-order chi connectivity index (χ0) is 26.7.